The molecule has 1 unspecified atom stereocenters. The van der Waals surface area contributed by atoms with Gasteiger partial charge in [-0.05, 0) is 74.2 Å². The van der Waals surface area contributed by atoms with Gasteiger partial charge in [-0.3, -0.25) is 14.7 Å². The highest BCUT2D eigenvalue weighted by molar-refractivity contribution is 9.10. The molecule has 5 heteroatoms. The maximum atomic E-state index is 12.7. The van der Waals surface area contributed by atoms with Gasteiger partial charge in [0.15, 0.2) is 0 Å². The molecule has 2 atom stereocenters. The number of nitrogens with zero attached hydrogens (tertiary/aromatic N) is 2. The molecule has 25 heavy (non-hydrogen) atoms. The molecule has 3 fully saturated rings. The molecule has 0 spiro atoms. The van der Waals surface area contributed by atoms with Crippen LogP contribution in [-0.4, -0.2) is 41.0 Å². The van der Waals surface area contributed by atoms with Crippen LogP contribution >= 0.6 is 15.9 Å². The van der Waals surface area contributed by atoms with Gasteiger partial charge < -0.3 is 5.32 Å². The van der Waals surface area contributed by atoms with E-state index in [0.29, 0.717) is 12.0 Å². The second-order valence-corrected chi connectivity index (χ2v) is 7.93. The number of aromatic nitrogens is 1. The molecule has 0 saturated carbocycles. The van der Waals surface area contributed by atoms with Gasteiger partial charge in [0, 0.05) is 34.5 Å². The first-order valence-electron chi connectivity index (χ1n) is 8.90. The quantitative estimate of drug-likeness (QED) is 0.857. The van der Waals surface area contributed by atoms with Gasteiger partial charge in [0.25, 0.3) is 5.91 Å². The van der Waals surface area contributed by atoms with Crippen molar-refractivity contribution < 1.29 is 4.79 Å². The molecule has 0 radical (unpaired) electrons. The molecule has 1 amide bonds. The molecule has 1 aromatic heterocycles. The van der Waals surface area contributed by atoms with Crippen LogP contribution in [0.1, 0.15) is 28.8 Å². The van der Waals surface area contributed by atoms with E-state index in [4.69, 9.17) is 0 Å². The van der Waals surface area contributed by atoms with E-state index >= 15 is 0 Å². The fourth-order valence-electron chi connectivity index (χ4n) is 4.22. The summed E-state index contributed by atoms with van der Waals surface area (Å²) >= 11 is 3.42. The van der Waals surface area contributed by atoms with Crippen molar-refractivity contribution in [3.8, 4) is 0 Å². The smallest absolute Gasteiger partial charge is 0.251 e. The number of hydrogen-bond donors (Lipinski definition) is 1. The molecule has 130 valence electrons. The standard InChI is InChI=1S/C20H22BrN3O/c21-17-5-3-16(4-6-17)20(25)23-19-15-7-10-24(11-8-15)18(19)12-14-2-1-9-22-13-14/h1-6,9,13,15,18-19H,7-8,10-12H2,(H,23,25)/t18?,19-/m1/s1. The Kier molecular flexibility index (Phi) is 4.86. The van der Waals surface area contributed by atoms with Crippen molar-refractivity contribution in [1.29, 1.82) is 0 Å². The van der Waals surface area contributed by atoms with Crippen molar-refractivity contribution in [2.75, 3.05) is 13.1 Å². The van der Waals surface area contributed by atoms with Crippen molar-refractivity contribution >= 4 is 21.8 Å². The second kappa shape index (κ2) is 7.26. The largest absolute Gasteiger partial charge is 0.347 e. The maximum absolute atomic E-state index is 12.7. The lowest BCUT2D eigenvalue weighted by atomic mass is 9.76. The van der Waals surface area contributed by atoms with Crippen molar-refractivity contribution in [2.45, 2.75) is 31.3 Å². The number of carbonyl (C=O) groups is 1. The van der Waals surface area contributed by atoms with E-state index in [1.54, 1.807) is 0 Å². The van der Waals surface area contributed by atoms with Crippen LogP contribution in [-0.2, 0) is 6.42 Å². The molecule has 3 aliphatic heterocycles. The number of rotatable bonds is 4. The lowest BCUT2D eigenvalue weighted by Gasteiger charge is -2.51. The first-order valence-corrected chi connectivity index (χ1v) is 9.69. The zero-order valence-electron chi connectivity index (χ0n) is 14.1. The Bertz CT molecular complexity index is 726. The fraction of sp³-hybridized carbons (Fsp3) is 0.400. The van der Waals surface area contributed by atoms with Gasteiger partial charge in [-0.15, -0.1) is 0 Å². The molecule has 2 bridgehead atoms. The maximum Gasteiger partial charge on any atom is 0.251 e. The Morgan fingerprint density at radius 2 is 1.96 bits per heavy atom. The first-order chi connectivity index (χ1) is 12.2. The summed E-state index contributed by atoms with van der Waals surface area (Å²) in [5.41, 5.74) is 1.96. The summed E-state index contributed by atoms with van der Waals surface area (Å²) in [5.74, 6) is 0.605. The Morgan fingerprint density at radius 3 is 2.64 bits per heavy atom. The Hall–Kier alpha value is -1.72. The highest BCUT2D eigenvalue weighted by Gasteiger charge is 2.42. The molecule has 5 rings (SSSR count). The topological polar surface area (TPSA) is 45.2 Å². The first kappa shape index (κ1) is 16.7. The van der Waals surface area contributed by atoms with Gasteiger partial charge >= 0.3 is 0 Å². The number of piperidine rings is 3. The van der Waals surface area contributed by atoms with E-state index < -0.39 is 0 Å². The van der Waals surface area contributed by atoms with E-state index in [0.717, 1.165) is 29.5 Å². The normalized spacial score (nSPS) is 27.9. The van der Waals surface area contributed by atoms with Crippen LogP contribution in [0.3, 0.4) is 0 Å². The van der Waals surface area contributed by atoms with Crippen molar-refractivity contribution in [2.24, 2.45) is 5.92 Å². The minimum Gasteiger partial charge on any atom is -0.347 e. The molecule has 1 N–H and O–H groups in total. The number of halogens is 1. The zero-order chi connectivity index (χ0) is 17.2. The summed E-state index contributed by atoms with van der Waals surface area (Å²) in [4.78, 5) is 19.5. The highest BCUT2D eigenvalue weighted by Crippen LogP contribution is 2.34. The summed E-state index contributed by atoms with van der Waals surface area (Å²) in [6.45, 7) is 2.28. The number of amides is 1. The molecule has 4 nitrogen and oxygen atoms in total. The van der Waals surface area contributed by atoms with E-state index in [2.05, 4.69) is 37.2 Å². The fourth-order valence-corrected chi connectivity index (χ4v) is 4.48. The molecular weight excluding hydrogens is 378 g/mol. The summed E-state index contributed by atoms with van der Waals surface area (Å²) in [6, 6.07) is 12.3. The minimum absolute atomic E-state index is 0.0300. The van der Waals surface area contributed by atoms with Crippen molar-refractivity contribution in [1.82, 2.24) is 15.2 Å². The van der Waals surface area contributed by atoms with Crippen LogP contribution in [0.4, 0.5) is 0 Å². The van der Waals surface area contributed by atoms with Crippen LogP contribution in [0.15, 0.2) is 53.3 Å². The molecular formula is C20H22BrN3O. The minimum atomic E-state index is 0.0300. The molecule has 0 aliphatic carbocycles. The SMILES string of the molecule is O=C(N[C@@H]1C2CCN(CC2)C1Cc1cccnc1)c1ccc(Br)cc1. The summed E-state index contributed by atoms with van der Waals surface area (Å²) in [7, 11) is 0. The third-order valence-electron chi connectivity index (χ3n) is 5.54. The molecule has 3 saturated heterocycles. The number of hydrogen-bond acceptors (Lipinski definition) is 3. The summed E-state index contributed by atoms with van der Waals surface area (Å²) in [6.07, 6.45) is 7.04. The monoisotopic (exact) mass is 399 g/mol. The molecule has 1 aromatic carbocycles. The lowest BCUT2D eigenvalue weighted by Crippen LogP contribution is -2.64. The summed E-state index contributed by atoms with van der Waals surface area (Å²) in [5, 5.41) is 3.34. The number of pyridine rings is 1. The van der Waals surface area contributed by atoms with Crippen LogP contribution in [0.25, 0.3) is 0 Å². The predicted octanol–water partition coefficient (Wildman–Crippen LogP) is 3.28. The average Bonchev–Trinajstić information content (AvgIpc) is 2.66. The Balaban J connectivity index is 1.52. The Morgan fingerprint density at radius 1 is 1.20 bits per heavy atom. The zero-order valence-corrected chi connectivity index (χ0v) is 15.7. The van der Waals surface area contributed by atoms with Crippen molar-refractivity contribution in [3.63, 3.8) is 0 Å². The number of carbonyl (C=O) groups excluding carboxylic acids is 1. The highest BCUT2D eigenvalue weighted by atomic mass is 79.9. The second-order valence-electron chi connectivity index (χ2n) is 7.01. The molecule has 4 heterocycles. The third kappa shape index (κ3) is 3.62. The van der Waals surface area contributed by atoms with Gasteiger partial charge in [0.05, 0.1) is 0 Å². The van der Waals surface area contributed by atoms with Crippen LogP contribution < -0.4 is 5.32 Å². The molecule has 3 aliphatic rings. The van der Waals surface area contributed by atoms with Gasteiger partial charge in [-0.25, -0.2) is 0 Å². The van der Waals surface area contributed by atoms with E-state index in [1.807, 2.05) is 42.7 Å². The van der Waals surface area contributed by atoms with Gasteiger partial charge in [-0.2, -0.15) is 0 Å². The average molecular weight is 400 g/mol. The molecule has 2 aromatic rings. The van der Waals surface area contributed by atoms with Gasteiger partial charge in [-0.1, -0.05) is 22.0 Å². The third-order valence-corrected chi connectivity index (χ3v) is 6.07. The number of benzene rings is 1. The predicted molar refractivity (Wildman–Crippen MR) is 101 cm³/mol. The Labute approximate surface area is 156 Å². The lowest BCUT2D eigenvalue weighted by molar-refractivity contribution is 0.0136. The van der Waals surface area contributed by atoms with Crippen LogP contribution in [0.5, 0.6) is 0 Å². The summed E-state index contributed by atoms with van der Waals surface area (Å²) < 4.78 is 0.987. The van der Waals surface area contributed by atoms with Crippen molar-refractivity contribution in [3.05, 3.63) is 64.4 Å². The van der Waals surface area contributed by atoms with Gasteiger partial charge in [0.2, 0.25) is 0 Å². The van der Waals surface area contributed by atoms with E-state index in [1.165, 1.54) is 18.4 Å². The number of nitrogens with one attached hydrogen (secondary N) is 1. The van der Waals surface area contributed by atoms with E-state index in [-0.39, 0.29) is 11.9 Å². The van der Waals surface area contributed by atoms with Gasteiger partial charge in [0.1, 0.15) is 0 Å². The van der Waals surface area contributed by atoms with Crippen LogP contribution in [0.2, 0.25) is 0 Å². The van der Waals surface area contributed by atoms with Crippen LogP contribution in [0, 0.1) is 5.92 Å². The number of fused-ring (bicyclic) bond motifs is 3. The van der Waals surface area contributed by atoms with E-state index in [9.17, 15) is 4.79 Å².